The molecular formula is C27H31N3O5S. The van der Waals surface area contributed by atoms with Crippen molar-refractivity contribution in [2.75, 3.05) is 17.3 Å². The van der Waals surface area contributed by atoms with Crippen LogP contribution in [-0.4, -0.2) is 35.9 Å². The molecule has 3 aromatic rings. The van der Waals surface area contributed by atoms with Crippen LogP contribution in [0.5, 0.6) is 0 Å². The predicted molar refractivity (Wildman–Crippen MR) is 139 cm³/mol. The van der Waals surface area contributed by atoms with Crippen LogP contribution in [0.2, 0.25) is 0 Å². The molecule has 1 N–H and O–H groups in total. The van der Waals surface area contributed by atoms with Crippen molar-refractivity contribution in [3.05, 3.63) is 53.6 Å². The van der Waals surface area contributed by atoms with Gasteiger partial charge in [0, 0.05) is 22.5 Å². The number of esters is 1. The second-order valence-corrected chi connectivity index (χ2v) is 10.5. The predicted octanol–water partition coefficient (Wildman–Crippen LogP) is 6.01. The highest BCUT2D eigenvalue weighted by Crippen LogP contribution is 2.40. The van der Waals surface area contributed by atoms with Gasteiger partial charge in [0.1, 0.15) is 4.88 Å². The Bertz CT molecular complexity index is 1210. The van der Waals surface area contributed by atoms with E-state index in [1.165, 1.54) is 31.0 Å². The van der Waals surface area contributed by atoms with E-state index >= 15 is 0 Å². The lowest BCUT2D eigenvalue weighted by Crippen LogP contribution is -2.42. The van der Waals surface area contributed by atoms with Crippen molar-refractivity contribution in [1.29, 1.82) is 0 Å². The van der Waals surface area contributed by atoms with Crippen molar-refractivity contribution >= 4 is 40.5 Å². The molecule has 0 saturated heterocycles. The fraction of sp³-hybridized carbons (Fsp3) is 0.407. The molecule has 0 radical (unpaired) electrons. The molecule has 0 atom stereocenters. The van der Waals surface area contributed by atoms with Crippen LogP contribution in [0.25, 0.3) is 10.4 Å². The van der Waals surface area contributed by atoms with Crippen LogP contribution in [0.3, 0.4) is 0 Å². The quantitative estimate of drug-likeness (QED) is 0.391. The lowest BCUT2D eigenvalue weighted by molar-refractivity contribution is -0.123. The summed E-state index contributed by atoms with van der Waals surface area (Å²) in [5.41, 5.74) is 2.04. The molecule has 36 heavy (non-hydrogen) atoms. The van der Waals surface area contributed by atoms with Crippen molar-refractivity contribution in [3.63, 3.8) is 0 Å². The highest BCUT2D eigenvalue weighted by atomic mass is 32.1. The van der Waals surface area contributed by atoms with Gasteiger partial charge in [-0.05, 0) is 69.2 Å². The van der Waals surface area contributed by atoms with Crippen molar-refractivity contribution < 1.29 is 23.5 Å². The first-order valence-electron chi connectivity index (χ1n) is 12.1. The van der Waals surface area contributed by atoms with E-state index in [1.807, 2.05) is 32.0 Å². The number of ether oxygens (including phenoxy) is 1. The molecule has 2 heterocycles. The topological polar surface area (TPSA) is 102 Å². The number of rotatable bonds is 7. The highest BCUT2D eigenvalue weighted by Gasteiger charge is 2.33. The normalized spacial score (nSPS) is 17.6. The Kier molecular flexibility index (Phi) is 7.88. The number of nitrogens with one attached hydrogen (secondary N) is 1. The Morgan fingerprint density at radius 2 is 1.83 bits per heavy atom. The maximum absolute atomic E-state index is 13.6. The van der Waals surface area contributed by atoms with Gasteiger partial charge in [0.25, 0.3) is 5.91 Å². The Morgan fingerprint density at radius 3 is 2.42 bits per heavy atom. The number of carbonyl (C=O) groups is 3. The summed E-state index contributed by atoms with van der Waals surface area (Å²) >= 11 is 1.29. The minimum Gasteiger partial charge on any atom is -0.465 e. The number of oxazole rings is 1. The summed E-state index contributed by atoms with van der Waals surface area (Å²) < 4.78 is 10.1. The Hall–Kier alpha value is -3.46. The summed E-state index contributed by atoms with van der Waals surface area (Å²) in [5.74, 6) is -0.0664. The third-order valence-electron chi connectivity index (χ3n) is 6.55. The number of benzene rings is 1. The van der Waals surface area contributed by atoms with E-state index in [2.05, 4.69) is 17.2 Å². The number of amides is 2. The van der Waals surface area contributed by atoms with Gasteiger partial charge in [0.2, 0.25) is 11.7 Å². The molecule has 1 saturated carbocycles. The van der Waals surface area contributed by atoms with Gasteiger partial charge in [-0.2, -0.15) is 0 Å². The van der Waals surface area contributed by atoms with E-state index in [0.717, 1.165) is 36.1 Å². The number of thiophene rings is 1. The van der Waals surface area contributed by atoms with Gasteiger partial charge in [-0.3, -0.25) is 9.59 Å². The van der Waals surface area contributed by atoms with Crippen molar-refractivity contribution in [2.24, 2.45) is 11.8 Å². The highest BCUT2D eigenvalue weighted by molar-refractivity contribution is 7.18. The van der Waals surface area contributed by atoms with Gasteiger partial charge in [-0.25, -0.2) is 9.78 Å². The maximum Gasteiger partial charge on any atom is 0.350 e. The van der Waals surface area contributed by atoms with Crippen molar-refractivity contribution in [1.82, 2.24) is 4.98 Å². The van der Waals surface area contributed by atoms with E-state index < -0.39 is 11.9 Å². The zero-order valence-corrected chi connectivity index (χ0v) is 21.8. The average molecular weight is 510 g/mol. The molecule has 2 amide bonds. The molecule has 1 aliphatic carbocycles. The largest absolute Gasteiger partial charge is 0.465 e. The summed E-state index contributed by atoms with van der Waals surface area (Å²) in [7, 11) is 1.35. The zero-order valence-electron chi connectivity index (χ0n) is 20.9. The molecule has 1 aliphatic rings. The van der Waals surface area contributed by atoms with Gasteiger partial charge in [0.15, 0.2) is 6.39 Å². The SMILES string of the molecule is COC(=O)c1sc(-c2ccc(NC(=O)c3cnco3)cc2)cc1N(C(=O)C1CCC(C)CC1)C(C)C. The van der Waals surface area contributed by atoms with Gasteiger partial charge in [-0.15, -0.1) is 11.3 Å². The number of hydrogen-bond donors (Lipinski definition) is 1. The molecule has 8 nitrogen and oxygen atoms in total. The third-order valence-corrected chi connectivity index (χ3v) is 7.70. The van der Waals surface area contributed by atoms with Gasteiger partial charge >= 0.3 is 5.97 Å². The Morgan fingerprint density at radius 1 is 1.14 bits per heavy atom. The van der Waals surface area contributed by atoms with E-state index in [-0.39, 0.29) is 23.6 Å². The number of methoxy groups -OCH3 is 1. The van der Waals surface area contributed by atoms with Crippen molar-refractivity contribution in [2.45, 2.75) is 52.5 Å². The van der Waals surface area contributed by atoms with Crippen molar-refractivity contribution in [3.8, 4) is 10.4 Å². The van der Waals surface area contributed by atoms with E-state index in [1.54, 1.807) is 17.0 Å². The summed E-state index contributed by atoms with van der Waals surface area (Å²) in [6.45, 7) is 6.16. The molecule has 4 rings (SSSR count). The number of aromatic nitrogens is 1. The van der Waals surface area contributed by atoms with Crippen LogP contribution in [0, 0.1) is 11.8 Å². The lowest BCUT2D eigenvalue weighted by Gasteiger charge is -2.33. The number of nitrogens with zero attached hydrogens (tertiary/aromatic N) is 2. The third kappa shape index (κ3) is 5.51. The molecule has 0 aliphatic heterocycles. The van der Waals surface area contributed by atoms with Crippen LogP contribution in [0.1, 0.15) is 66.7 Å². The van der Waals surface area contributed by atoms with Crippen LogP contribution < -0.4 is 10.2 Å². The van der Waals surface area contributed by atoms with Crippen LogP contribution in [-0.2, 0) is 9.53 Å². The Balaban J connectivity index is 1.61. The maximum atomic E-state index is 13.6. The minimum atomic E-state index is -0.465. The van der Waals surface area contributed by atoms with Crippen LogP contribution in [0.4, 0.5) is 11.4 Å². The van der Waals surface area contributed by atoms with E-state index in [0.29, 0.717) is 22.2 Å². The summed E-state index contributed by atoms with van der Waals surface area (Å²) in [6.07, 6.45) is 6.37. The fourth-order valence-electron chi connectivity index (χ4n) is 4.54. The smallest absolute Gasteiger partial charge is 0.350 e. The first-order valence-corrected chi connectivity index (χ1v) is 13.0. The van der Waals surface area contributed by atoms with Crippen LogP contribution >= 0.6 is 11.3 Å². The first-order chi connectivity index (χ1) is 17.3. The Labute approximate surface area is 214 Å². The summed E-state index contributed by atoms with van der Waals surface area (Å²) in [5, 5.41) is 2.76. The van der Waals surface area contributed by atoms with E-state index in [9.17, 15) is 14.4 Å². The first kappa shape index (κ1) is 25.6. The molecule has 2 aromatic heterocycles. The summed E-state index contributed by atoms with van der Waals surface area (Å²) in [6, 6.07) is 9.04. The minimum absolute atomic E-state index is 0.0373. The van der Waals surface area contributed by atoms with Gasteiger partial charge < -0.3 is 19.4 Å². The second-order valence-electron chi connectivity index (χ2n) is 9.47. The van der Waals surface area contributed by atoms with E-state index in [4.69, 9.17) is 9.15 Å². The fourth-order valence-corrected chi connectivity index (χ4v) is 5.61. The van der Waals surface area contributed by atoms with Crippen LogP contribution in [0.15, 0.2) is 47.3 Å². The molecule has 0 bridgehead atoms. The monoisotopic (exact) mass is 509 g/mol. The molecular weight excluding hydrogens is 478 g/mol. The second kappa shape index (κ2) is 11.1. The molecule has 1 aromatic carbocycles. The number of hydrogen-bond acceptors (Lipinski definition) is 7. The molecule has 190 valence electrons. The zero-order chi connectivity index (χ0) is 25.8. The standard InChI is InChI=1S/C27H31N3O5S/c1-16(2)30(26(32)19-7-5-17(3)6-8-19)21-13-23(36-24(21)27(33)34-4)18-9-11-20(12-10-18)29-25(31)22-14-28-15-35-22/h9-17,19H,5-8H2,1-4H3,(H,29,31). The lowest BCUT2D eigenvalue weighted by atomic mass is 9.82. The molecule has 0 unspecified atom stereocenters. The summed E-state index contributed by atoms with van der Waals surface area (Å²) in [4.78, 5) is 45.3. The molecule has 9 heteroatoms. The van der Waals surface area contributed by atoms with Gasteiger partial charge in [-0.1, -0.05) is 19.1 Å². The van der Waals surface area contributed by atoms with Gasteiger partial charge in [0.05, 0.1) is 19.0 Å². The average Bonchev–Trinajstić information content (AvgIpc) is 3.55. The number of anilines is 2. The molecule has 0 spiro atoms. The molecule has 1 fully saturated rings. The number of carbonyl (C=O) groups excluding carboxylic acids is 3.